The molecule has 4 nitrogen and oxygen atoms in total. The molecule has 0 spiro atoms. The average Bonchev–Trinajstić information content (AvgIpc) is 2.29. The number of aryl methyl sites for hydroxylation is 1. The van der Waals surface area contributed by atoms with E-state index < -0.39 is 0 Å². The standard InChI is InChI=1S/C12H18N2O2/c1-9-8-10(13-2)4-5-11(9)12(15)14-6-7-16-3/h4-5,8,13H,6-7H2,1-3H3,(H,14,15). The molecule has 1 rings (SSSR count). The first kappa shape index (κ1) is 12.5. The number of hydrogen-bond acceptors (Lipinski definition) is 3. The van der Waals surface area contributed by atoms with E-state index in [4.69, 9.17) is 4.74 Å². The molecule has 1 amide bonds. The Balaban J connectivity index is 2.68. The van der Waals surface area contributed by atoms with Gasteiger partial charge in [0.15, 0.2) is 0 Å². The molecule has 1 aromatic carbocycles. The third-order valence-electron chi connectivity index (χ3n) is 2.35. The van der Waals surface area contributed by atoms with Crippen LogP contribution in [0, 0.1) is 6.92 Å². The number of benzene rings is 1. The van der Waals surface area contributed by atoms with Gasteiger partial charge in [-0.25, -0.2) is 0 Å². The molecule has 0 unspecified atom stereocenters. The second-order valence-electron chi connectivity index (χ2n) is 3.53. The number of nitrogens with one attached hydrogen (secondary N) is 2. The van der Waals surface area contributed by atoms with Crippen molar-refractivity contribution in [3.63, 3.8) is 0 Å². The Hall–Kier alpha value is -1.55. The molecule has 0 saturated heterocycles. The number of methoxy groups -OCH3 is 1. The molecule has 0 aliphatic heterocycles. The minimum Gasteiger partial charge on any atom is -0.388 e. The first-order chi connectivity index (χ1) is 7.69. The maximum atomic E-state index is 11.8. The molecule has 0 fully saturated rings. The lowest BCUT2D eigenvalue weighted by Crippen LogP contribution is -2.27. The molecule has 0 saturated carbocycles. The Morgan fingerprint density at radius 1 is 1.44 bits per heavy atom. The molecular weight excluding hydrogens is 204 g/mol. The normalized spacial score (nSPS) is 9.94. The van der Waals surface area contributed by atoms with Crippen molar-refractivity contribution in [2.24, 2.45) is 0 Å². The Kier molecular flexibility index (Phi) is 4.79. The lowest BCUT2D eigenvalue weighted by atomic mass is 10.1. The predicted molar refractivity (Wildman–Crippen MR) is 64.9 cm³/mol. The molecule has 0 aliphatic rings. The smallest absolute Gasteiger partial charge is 0.251 e. The van der Waals surface area contributed by atoms with E-state index in [1.54, 1.807) is 7.11 Å². The average molecular weight is 222 g/mol. The fraction of sp³-hybridized carbons (Fsp3) is 0.417. The van der Waals surface area contributed by atoms with Crippen molar-refractivity contribution < 1.29 is 9.53 Å². The van der Waals surface area contributed by atoms with Gasteiger partial charge in [0.05, 0.1) is 6.61 Å². The Labute approximate surface area is 96.0 Å². The minimum atomic E-state index is -0.0581. The maximum Gasteiger partial charge on any atom is 0.251 e. The summed E-state index contributed by atoms with van der Waals surface area (Å²) in [4.78, 5) is 11.8. The fourth-order valence-electron chi connectivity index (χ4n) is 1.44. The van der Waals surface area contributed by atoms with Gasteiger partial charge in [-0.1, -0.05) is 0 Å². The van der Waals surface area contributed by atoms with Gasteiger partial charge in [0, 0.05) is 32.0 Å². The summed E-state index contributed by atoms with van der Waals surface area (Å²) in [5, 5.41) is 5.83. The second-order valence-corrected chi connectivity index (χ2v) is 3.53. The quantitative estimate of drug-likeness (QED) is 0.741. The van der Waals surface area contributed by atoms with E-state index >= 15 is 0 Å². The van der Waals surface area contributed by atoms with Crippen molar-refractivity contribution in [3.8, 4) is 0 Å². The molecule has 2 N–H and O–H groups in total. The largest absolute Gasteiger partial charge is 0.388 e. The van der Waals surface area contributed by atoms with Gasteiger partial charge in [0.1, 0.15) is 0 Å². The third-order valence-corrected chi connectivity index (χ3v) is 2.35. The maximum absolute atomic E-state index is 11.8. The Bertz CT molecular complexity index is 364. The van der Waals surface area contributed by atoms with E-state index in [-0.39, 0.29) is 5.91 Å². The second kappa shape index (κ2) is 6.12. The molecular formula is C12H18N2O2. The summed E-state index contributed by atoms with van der Waals surface area (Å²) in [5.41, 5.74) is 2.67. The van der Waals surface area contributed by atoms with E-state index in [9.17, 15) is 4.79 Å². The van der Waals surface area contributed by atoms with Crippen LogP contribution in [0.2, 0.25) is 0 Å². The molecule has 0 radical (unpaired) electrons. The fourth-order valence-corrected chi connectivity index (χ4v) is 1.44. The van der Waals surface area contributed by atoms with E-state index in [0.717, 1.165) is 11.3 Å². The van der Waals surface area contributed by atoms with E-state index in [2.05, 4.69) is 10.6 Å². The minimum absolute atomic E-state index is 0.0581. The number of anilines is 1. The van der Waals surface area contributed by atoms with Gasteiger partial charge in [0.2, 0.25) is 0 Å². The summed E-state index contributed by atoms with van der Waals surface area (Å²) in [6.07, 6.45) is 0. The molecule has 0 aromatic heterocycles. The van der Waals surface area contributed by atoms with Crippen molar-refractivity contribution >= 4 is 11.6 Å². The number of hydrogen-bond donors (Lipinski definition) is 2. The van der Waals surface area contributed by atoms with Crippen LogP contribution in [0.25, 0.3) is 0 Å². The highest BCUT2D eigenvalue weighted by Gasteiger charge is 2.08. The van der Waals surface area contributed by atoms with Crippen LogP contribution in [0.1, 0.15) is 15.9 Å². The summed E-state index contributed by atoms with van der Waals surface area (Å²) in [6.45, 7) is 2.98. The number of carbonyl (C=O) groups is 1. The van der Waals surface area contributed by atoms with E-state index in [0.29, 0.717) is 18.7 Å². The highest BCUT2D eigenvalue weighted by Crippen LogP contribution is 2.14. The topological polar surface area (TPSA) is 50.4 Å². The van der Waals surface area contributed by atoms with Gasteiger partial charge in [-0.15, -0.1) is 0 Å². The van der Waals surface area contributed by atoms with Crippen molar-refractivity contribution in [1.29, 1.82) is 0 Å². The van der Waals surface area contributed by atoms with E-state index in [1.807, 2.05) is 32.2 Å². The Morgan fingerprint density at radius 3 is 2.75 bits per heavy atom. The molecule has 0 bridgehead atoms. The van der Waals surface area contributed by atoms with Gasteiger partial charge in [0.25, 0.3) is 5.91 Å². The first-order valence-electron chi connectivity index (χ1n) is 5.24. The monoisotopic (exact) mass is 222 g/mol. The summed E-state index contributed by atoms with van der Waals surface area (Å²) >= 11 is 0. The number of carbonyl (C=O) groups excluding carboxylic acids is 1. The molecule has 4 heteroatoms. The molecule has 0 heterocycles. The molecule has 0 aliphatic carbocycles. The molecule has 0 atom stereocenters. The summed E-state index contributed by atoms with van der Waals surface area (Å²) in [7, 11) is 3.46. The first-order valence-corrected chi connectivity index (χ1v) is 5.24. The zero-order valence-corrected chi connectivity index (χ0v) is 9.96. The van der Waals surface area contributed by atoms with Crippen molar-refractivity contribution in [2.75, 3.05) is 32.6 Å². The zero-order valence-electron chi connectivity index (χ0n) is 9.96. The molecule has 16 heavy (non-hydrogen) atoms. The van der Waals surface area contributed by atoms with Crippen molar-refractivity contribution in [2.45, 2.75) is 6.92 Å². The van der Waals surface area contributed by atoms with Gasteiger partial charge in [-0.2, -0.15) is 0 Å². The van der Waals surface area contributed by atoms with Crippen LogP contribution in [0.4, 0.5) is 5.69 Å². The highest BCUT2D eigenvalue weighted by molar-refractivity contribution is 5.96. The molecule has 88 valence electrons. The highest BCUT2D eigenvalue weighted by atomic mass is 16.5. The van der Waals surface area contributed by atoms with Crippen LogP contribution in [0.5, 0.6) is 0 Å². The predicted octanol–water partition coefficient (Wildman–Crippen LogP) is 1.41. The SMILES string of the molecule is CNc1ccc(C(=O)NCCOC)c(C)c1. The third kappa shape index (κ3) is 3.24. The molecule has 1 aromatic rings. The number of ether oxygens (including phenoxy) is 1. The summed E-state index contributed by atoms with van der Waals surface area (Å²) in [5.74, 6) is -0.0581. The summed E-state index contributed by atoms with van der Waals surface area (Å²) < 4.78 is 4.87. The van der Waals surface area contributed by atoms with Crippen LogP contribution in [-0.4, -0.2) is 33.2 Å². The van der Waals surface area contributed by atoms with E-state index in [1.165, 1.54) is 0 Å². The summed E-state index contributed by atoms with van der Waals surface area (Å²) in [6, 6.07) is 5.66. The van der Waals surface area contributed by atoms with Crippen molar-refractivity contribution in [1.82, 2.24) is 5.32 Å². The lowest BCUT2D eigenvalue weighted by molar-refractivity contribution is 0.0936. The van der Waals surface area contributed by atoms with Crippen LogP contribution in [0.15, 0.2) is 18.2 Å². The van der Waals surface area contributed by atoms with Crippen LogP contribution >= 0.6 is 0 Å². The number of amides is 1. The zero-order chi connectivity index (χ0) is 12.0. The van der Waals surface area contributed by atoms with Crippen molar-refractivity contribution in [3.05, 3.63) is 29.3 Å². The van der Waals surface area contributed by atoms with Gasteiger partial charge < -0.3 is 15.4 Å². The van der Waals surface area contributed by atoms with Crippen LogP contribution in [-0.2, 0) is 4.74 Å². The lowest BCUT2D eigenvalue weighted by Gasteiger charge is -2.09. The van der Waals surface area contributed by atoms with Crippen LogP contribution in [0.3, 0.4) is 0 Å². The van der Waals surface area contributed by atoms with Gasteiger partial charge in [-0.05, 0) is 30.7 Å². The Morgan fingerprint density at radius 2 is 2.19 bits per heavy atom. The number of rotatable bonds is 5. The van der Waals surface area contributed by atoms with Gasteiger partial charge in [-0.3, -0.25) is 4.79 Å². The van der Waals surface area contributed by atoms with Crippen LogP contribution < -0.4 is 10.6 Å². The van der Waals surface area contributed by atoms with Gasteiger partial charge >= 0.3 is 0 Å².